The van der Waals surface area contributed by atoms with E-state index < -0.39 is 18.0 Å². The van der Waals surface area contributed by atoms with Crippen LogP contribution in [0.4, 0.5) is 19.1 Å². The van der Waals surface area contributed by atoms with Crippen LogP contribution in [0.3, 0.4) is 0 Å². The molecule has 5 nitrogen and oxygen atoms in total. The van der Waals surface area contributed by atoms with Crippen molar-refractivity contribution in [2.24, 2.45) is 5.92 Å². The second-order valence-electron chi connectivity index (χ2n) is 7.15. The van der Waals surface area contributed by atoms with Crippen molar-refractivity contribution in [2.75, 3.05) is 5.32 Å². The van der Waals surface area contributed by atoms with Crippen LogP contribution in [0, 0.1) is 5.92 Å². The summed E-state index contributed by atoms with van der Waals surface area (Å²) in [6.45, 7) is 3.98. The number of rotatable bonds is 2. The molecule has 0 saturated carbocycles. The highest BCUT2D eigenvalue weighted by Crippen LogP contribution is 2.42. The van der Waals surface area contributed by atoms with Crippen molar-refractivity contribution >= 4 is 11.7 Å². The van der Waals surface area contributed by atoms with E-state index in [-0.39, 0.29) is 17.6 Å². The highest BCUT2D eigenvalue weighted by molar-refractivity contribution is 5.99. The highest BCUT2D eigenvalue weighted by Gasteiger charge is 2.42. The Labute approximate surface area is 154 Å². The molecule has 1 N–H and O–H groups in total. The van der Waals surface area contributed by atoms with E-state index in [1.54, 1.807) is 0 Å². The molecular formula is C19H19F3N4O. The van der Waals surface area contributed by atoms with Gasteiger partial charge in [0.15, 0.2) is 5.78 Å². The van der Waals surface area contributed by atoms with Crippen molar-refractivity contribution in [3.8, 4) is 0 Å². The zero-order chi connectivity index (χ0) is 19.3. The van der Waals surface area contributed by atoms with Crippen LogP contribution in [0.25, 0.3) is 0 Å². The lowest BCUT2D eigenvalue weighted by Gasteiger charge is -2.34. The zero-order valence-corrected chi connectivity index (χ0v) is 15.0. The normalized spacial score (nSPS) is 22.3. The number of nitrogens with zero attached hydrogens (tertiary/aromatic N) is 3. The highest BCUT2D eigenvalue weighted by atomic mass is 19.4. The van der Waals surface area contributed by atoms with Gasteiger partial charge in [0.25, 0.3) is 5.82 Å². The number of anilines is 1. The maximum Gasteiger partial charge on any atom is 0.453 e. The Morgan fingerprint density at radius 3 is 2.56 bits per heavy atom. The van der Waals surface area contributed by atoms with E-state index in [0.29, 0.717) is 24.1 Å². The minimum absolute atomic E-state index is 0.0209. The summed E-state index contributed by atoms with van der Waals surface area (Å²) >= 11 is 0. The van der Waals surface area contributed by atoms with E-state index in [4.69, 9.17) is 0 Å². The molecule has 2 aromatic rings. The van der Waals surface area contributed by atoms with E-state index >= 15 is 0 Å². The van der Waals surface area contributed by atoms with Crippen molar-refractivity contribution in [1.29, 1.82) is 0 Å². The molecule has 2 unspecified atom stereocenters. The fourth-order valence-corrected chi connectivity index (χ4v) is 3.77. The van der Waals surface area contributed by atoms with Crippen molar-refractivity contribution in [2.45, 2.75) is 45.3 Å². The number of fused-ring (bicyclic) bond motifs is 1. The maximum atomic E-state index is 13.2. The Hall–Kier alpha value is -2.64. The average molecular weight is 376 g/mol. The van der Waals surface area contributed by atoms with E-state index in [1.165, 1.54) is 4.68 Å². The van der Waals surface area contributed by atoms with Crippen LogP contribution in [0.15, 0.2) is 35.5 Å². The topological polar surface area (TPSA) is 59.8 Å². The molecule has 0 spiro atoms. The summed E-state index contributed by atoms with van der Waals surface area (Å²) in [4.78, 5) is 16.4. The summed E-state index contributed by atoms with van der Waals surface area (Å²) in [5.41, 5.74) is 2.98. The lowest BCUT2D eigenvalue weighted by Crippen LogP contribution is -2.33. The first-order valence-electron chi connectivity index (χ1n) is 8.93. The first kappa shape index (κ1) is 17.8. The van der Waals surface area contributed by atoms with Crippen LogP contribution in [-0.4, -0.2) is 20.5 Å². The van der Waals surface area contributed by atoms with Gasteiger partial charge in [0.05, 0.1) is 0 Å². The third kappa shape index (κ3) is 3.02. The molecule has 1 aromatic carbocycles. The van der Waals surface area contributed by atoms with Gasteiger partial charge >= 0.3 is 6.18 Å². The average Bonchev–Trinajstić information content (AvgIpc) is 3.04. The first-order chi connectivity index (χ1) is 12.8. The summed E-state index contributed by atoms with van der Waals surface area (Å²) in [6.07, 6.45) is -2.83. The summed E-state index contributed by atoms with van der Waals surface area (Å²) in [5.74, 6) is -1.12. The second kappa shape index (κ2) is 6.21. The minimum atomic E-state index is -4.65. The van der Waals surface area contributed by atoms with Crippen LogP contribution in [0.5, 0.6) is 0 Å². The molecule has 27 heavy (non-hydrogen) atoms. The third-order valence-corrected chi connectivity index (χ3v) is 5.08. The molecule has 0 fully saturated rings. The van der Waals surface area contributed by atoms with E-state index in [0.717, 1.165) is 17.5 Å². The van der Waals surface area contributed by atoms with Crippen LogP contribution >= 0.6 is 0 Å². The lowest BCUT2D eigenvalue weighted by molar-refractivity contribution is -0.145. The van der Waals surface area contributed by atoms with Gasteiger partial charge < -0.3 is 5.32 Å². The van der Waals surface area contributed by atoms with Crippen molar-refractivity contribution in [1.82, 2.24) is 14.8 Å². The molecular weight excluding hydrogens is 357 g/mol. The predicted molar refractivity (Wildman–Crippen MR) is 93.0 cm³/mol. The number of aryl methyl sites for hydroxylation is 1. The second-order valence-corrected chi connectivity index (χ2v) is 7.15. The van der Waals surface area contributed by atoms with Gasteiger partial charge in [0, 0.05) is 17.7 Å². The Bertz CT molecular complexity index is 927. The molecule has 2 heterocycles. The van der Waals surface area contributed by atoms with Gasteiger partial charge in [-0.1, -0.05) is 38.1 Å². The minimum Gasteiger partial charge on any atom is -0.328 e. The van der Waals surface area contributed by atoms with Gasteiger partial charge in [-0.3, -0.25) is 4.79 Å². The Morgan fingerprint density at radius 2 is 1.93 bits per heavy atom. The van der Waals surface area contributed by atoms with Crippen molar-refractivity contribution in [3.63, 3.8) is 0 Å². The molecule has 1 aliphatic heterocycles. The smallest absolute Gasteiger partial charge is 0.328 e. The summed E-state index contributed by atoms with van der Waals surface area (Å²) in [7, 11) is 0. The molecule has 142 valence electrons. The fourth-order valence-electron chi connectivity index (χ4n) is 3.77. The molecule has 4 rings (SSSR count). The van der Waals surface area contributed by atoms with Crippen LogP contribution < -0.4 is 5.32 Å². The lowest BCUT2D eigenvalue weighted by atomic mass is 9.81. The number of carbonyl (C=O) groups excluding carboxylic acids is 1. The number of alkyl halides is 3. The number of ketones is 1. The molecule has 0 saturated heterocycles. The molecule has 0 bridgehead atoms. The van der Waals surface area contributed by atoms with Crippen LogP contribution in [-0.2, 0) is 17.4 Å². The molecule has 0 radical (unpaired) electrons. The number of carbonyl (C=O) groups is 1. The zero-order valence-electron chi connectivity index (χ0n) is 15.0. The third-order valence-electron chi connectivity index (χ3n) is 5.08. The van der Waals surface area contributed by atoms with Crippen molar-refractivity contribution < 1.29 is 18.0 Å². The van der Waals surface area contributed by atoms with E-state index in [2.05, 4.69) is 15.4 Å². The number of Topliss-reactive ketones (excluding diaryl/α,β-unsaturated/α-hetero) is 1. The number of allylic oxidation sites excluding steroid dienone is 2. The molecule has 0 amide bonds. The number of hydrogen-bond acceptors (Lipinski definition) is 4. The standard InChI is InChI=1S/C19H19F3N4O/c1-3-11-4-6-12(7-5-11)16-15-13(8-10(2)9-14(15)27)23-18-24-17(19(20,21)22)25-26(16)18/h4-7,10,16H,3,8-9H2,1-2H3,(H,23,24,25). The van der Waals surface area contributed by atoms with Crippen molar-refractivity contribution in [3.05, 3.63) is 52.5 Å². The number of aromatic nitrogens is 3. The fraction of sp³-hybridized carbons (Fsp3) is 0.421. The van der Waals surface area contributed by atoms with Gasteiger partial charge in [-0.25, -0.2) is 4.68 Å². The number of halogens is 3. The largest absolute Gasteiger partial charge is 0.453 e. The molecule has 8 heteroatoms. The van der Waals surface area contributed by atoms with Gasteiger partial charge in [-0.15, -0.1) is 5.10 Å². The first-order valence-corrected chi connectivity index (χ1v) is 8.93. The Morgan fingerprint density at radius 1 is 1.22 bits per heavy atom. The number of benzene rings is 1. The Balaban J connectivity index is 1.88. The number of nitrogens with one attached hydrogen (secondary N) is 1. The van der Waals surface area contributed by atoms with Crippen LogP contribution in [0.1, 0.15) is 49.7 Å². The molecule has 1 aliphatic carbocycles. The summed E-state index contributed by atoms with van der Waals surface area (Å²) in [5, 5.41) is 6.62. The van der Waals surface area contributed by atoms with Crippen LogP contribution in [0.2, 0.25) is 0 Å². The molecule has 2 aliphatic rings. The quantitative estimate of drug-likeness (QED) is 0.856. The van der Waals surface area contributed by atoms with Gasteiger partial charge in [0.1, 0.15) is 6.04 Å². The van der Waals surface area contributed by atoms with Gasteiger partial charge in [0.2, 0.25) is 5.95 Å². The SMILES string of the molecule is CCc1ccc(C2C3=C(CC(C)CC3=O)Nc3nc(C(F)(F)F)nn32)cc1. The molecule has 2 atom stereocenters. The maximum absolute atomic E-state index is 13.2. The van der Waals surface area contributed by atoms with E-state index in [1.807, 2.05) is 38.1 Å². The molecule has 1 aromatic heterocycles. The monoisotopic (exact) mass is 376 g/mol. The predicted octanol–water partition coefficient (Wildman–Crippen LogP) is 4.13. The summed E-state index contributed by atoms with van der Waals surface area (Å²) in [6, 6.07) is 6.85. The summed E-state index contributed by atoms with van der Waals surface area (Å²) < 4.78 is 40.7. The van der Waals surface area contributed by atoms with Gasteiger partial charge in [-0.05, 0) is 29.9 Å². The Kier molecular flexibility index (Phi) is 4.09. The number of hydrogen-bond donors (Lipinski definition) is 1. The van der Waals surface area contributed by atoms with Gasteiger partial charge in [-0.2, -0.15) is 18.2 Å². The van der Waals surface area contributed by atoms with E-state index in [9.17, 15) is 18.0 Å².